The lowest BCUT2D eigenvalue weighted by molar-refractivity contribution is -0.275. The van der Waals surface area contributed by atoms with Crippen molar-refractivity contribution in [3.8, 4) is 5.75 Å². The summed E-state index contributed by atoms with van der Waals surface area (Å²) in [7, 11) is 0. The first-order valence-corrected chi connectivity index (χ1v) is 5.23. The summed E-state index contributed by atoms with van der Waals surface area (Å²) in [6, 6.07) is 0. The van der Waals surface area contributed by atoms with E-state index < -0.39 is 40.9 Å². The number of carbonyl (C=O) groups is 1. The maximum atomic E-state index is 12.8. The van der Waals surface area contributed by atoms with E-state index >= 15 is 0 Å². The molecule has 0 saturated heterocycles. The Labute approximate surface area is 112 Å². The first kappa shape index (κ1) is 16.9. The van der Waals surface area contributed by atoms with Crippen LogP contribution in [0.3, 0.4) is 0 Å². The summed E-state index contributed by atoms with van der Waals surface area (Å²) in [5.41, 5.74) is -5.55. The normalized spacial score (nSPS) is 12.1. The second-order valence-corrected chi connectivity index (χ2v) is 3.50. The number of hydrogen-bond donors (Lipinski definition) is 1. The van der Waals surface area contributed by atoms with Gasteiger partial charge in [0.1, 0.15) is 11.3 Å². The minimum atomic E-state index is -5.37. The van der Waals surface area contributed by atoms with Gasteiger partial charge in [-0.15, -0.1) is 13.2 Å². The van der Waals surface area contributed by atoms with Crippen LogP contribution in [0.1, 0.15) is 23.0 Å². The predicted octanol–water partition coefficient (Wildman–Crippen LogP) is 2.47. The van der Waals surface area contributed by atoms with Gasteiger partial charge in [0.2, 0.25) is 5.43 Å². The Hall–Kier alpha value is -2.20. The van der Waals surface area contributed by atoms with E-state index in [1.807, 2.05) is 0 Å². The quantitative estimate of drug-likeness (QED) is 0.686. The average Bonchev–Trinajstić information content (AvgIpc) is 2.28. The number of aromatic amines is 1. The van der Waals surface area contributed by atoms with Gasteiger partial charge >= 0.3 is 18.5 Å². The smallest absolute Gasteiger partial charge is 0.461 e. The molecule has 1 aromatic rings. The van der Waals surface area contributed by atoms with Crippen LogP contribution in [0.4, 0.5) is 26.3 Å². The maximum Gasteiger partial charge on any atom is 0.573 e. The van der Waals surface area contributed by atoms with Gasteiger partial charge < -0.3 is 14.5 Å². The summed E-state index contributed by atoms with van der Waals surface area (Å²) in [6.07, 6.45) is -10.5. The molecule has 0 amide bonds. The number of esters is 1. The molecule has 0 aromatic carbocycles. The fourth-order valence-corrected chi connectivity index (χ4v) is 1.35. The third-order valence-corrected chi connectivity index (χ3v) is 2.04. The van der Waals surface area contributed by atoms with Gasteiger partial charge in [-0.05, 0) is 6.92 Å². The van der Waals surface area contributed by atoms with Gasteiger partial charge in [-0.1, -0.05) is 0 Å². The third kappa shape index (κ3) is 4.13. The van der Waals surface area contributed by atoms with Crippen LogP contribution in [0.5, 0.6) is 5.75 Å². The van der Waals surface area contributed by atoms with Crippen molar-refractivity contribution in [1.29, 1.82) is 0 Å². The van der Waals surface area contributed by atoms with Crippen molar-refractivity contribution in [2.75, 3.05) is 6.61 Å². The summed E-state index contributed by atoms with van der Waals surface area (Å²) in [6.45, 7) is 1.00. The third-order valence-electron chi connectivity index (χ3n) is 2.04. The van der Waals surface area contributed by atoms with Gasteiger partial charge in [0, 0.05) is 6.20 Å². The molecule has 0 atom stereocenters. The number of rotatable bonds is 3. The highest BCUT2D eigenvalue weighted by Crippen LogP contribution is 2.31. The predicted molar refractivity (Wildman–Crippen MR) is 54.7 cm³/mol. The summed E-state index contributed by atoms with van der Waals surface area (Å²) >= 11 is 0. The molecule has 5 nitrogen and oxygen atoms in total. The van der Waals surface area contributed by atoms with Crippen molar-refractivity contribution in [3.05, 3.63) is 27.7 Å². The van der Waals surface area contributed by atoms with E-state index in [1.54, 1.807) is 4.98 Å². The molecular formula is C10H7F6NO4. The van der Waals surface area contributed by atoms with Crippen LogP contribution < -0.4 is 10.2 Å². The van der Waals surface area contributed by atoms with Crippen LogP contribution in [-0.2, 0) is 10.9 Å². The SMILES string of the molecule is CCOC(=O)c1[nH]cc(OC(F)(F)F)c(=O)c1C(F)(F)F. The summed E-state index contributed by atoms with van der Waals surface area (Å²) in [4.78, 5) is 24.4. The molecule has 0 unspecified atom stereocenters. The lowest BCUT2D eigenvalue weighted by Crippen LogP contribution is -2.30. The summed E-state index contributed by atoms with van der Waals surface area (Å²) < 4.78 is 81.7. The zero-order valence-electron chi connectivity index (χ0n) is 10.2. The summed E-state index contributed by atoms with van der Waals surface area (Å²) in [5.74, 6) is -3.16. The number of pyridine rings is 1. The molecule has 118 valence electrons. The molecule has 1 N–H and O–H groups in total. The van der Waals surface area contributed by atoms with E-state index in [1.165, 1.54) is 6.92 Å². The van der Waals surface area contributed by atoms with Crippen LogP contribution >= 0.6 is 0 Å². The van der Waals surface area contributed by atoms with Crippen molar-refractivity contribution in [1.82, 2.24) is 4.98 Å². The number of H-pyrrole nitrogens is 1. The van der Waals surface area contributed by atoms with Crippen LogP contribution in [0, 0.1) is 0 Å². The van der Waals surface area contributed by atoms with Crippen LogP contribution in [0.15, 0.2) is 11.0 Å². The Bertz CT molecular complexity index is 589. The Morgan fingerprint density at radius 2 is 1.81 bits per heavy atom. The lowest BCUT2D eigenvalue weighted by Gasteiger charge is -2.14. The van der Waals surface area contributed by atoms with Gasteiger partial charge in [0.05, 0.1) is 6.61 Å². The Kier molecular flexibility index (Phi) is 4.54. The second kappa shape index (κ2) is 5.66. The fourth-order valence-electron chi connectivity index (χ4n) is 1.35. The van der Waals surface area contributed by atoms with E-state index in [0.29, 0.717) is 0 Å². The second-order valence-electron chi connectivity index (χ2n) is 3.50. The van der Waals surface area contributed by atoms with E-state index in [2.05, 4.69) is 9.47 Å². The van der Waals surface area contributed by atoms with Crippen LogP contribution in [0.2, 0.25) is 0 Å². The molecule has 0 aliphatic carbocycles. The molecule has 0 aliphatic heterocycles. The lowest BCUT2D eigenvalue weighted by atomic mass is 10.1. The van der Waals surface area contributed by atoms with Gasteiger partial charge in [-0.2, -0.15) is 13.2 Å². The highest BCUT2D eigenvalue weighted by atomic mass is 19.4. The number of nitrogens with one attached hydrogen (secondary N) is 1. The minimum Gasteiger partial charge on any atom is -0.461 e. The zero-order chi connectivity index (χ0) is 16.4. The van der Waals surface area contributed by atoms with Gasteiger partial charge in [-0.25, -0.2) is 4.79 Å². The highest BCUT2D eigenvalue weighted by Gasteiger charge is 2.42. The van der Waals surface area contributed by atoms with Gasteiger partial charge in [0.25, 0.3) is 0 Å². The molecule has 1 rings (SSSR count). The molecule has 0 spiro atoms. The molecule has 21 heavy (non-hydrogen) atoms. The van der Waals surface area contributed by atoms with E-state index in [-0.39, 0.29) is 12.8 Å². The number of halogens is 6. The number of aromatic nitrogens is 1. The summed E-state index contributed by atoms with van der Waals surface area (Å²) in [5, 5.41) is 0. The topological polar surface area (TPSA) is 68.4 Å². The van der Waals surface area contributed by atoms with Gasteiger partial charge in [-0.3, -0.25) is 4.79 Å². The molecule has 0 aliphatic rings. The Morgan fingerprint density at radius 3 is 2.24 bits per heavy atom. The van der Waals surface area contributed by atoms with Crippen LogP contribution in [0.25, 0.3) is 0 Å². The van der Waals surface area contributed by atoms with Crippen molar-refractivity contribution in [2.24, 2.45) is 0 Å². The molecule has 1 heterocycles. The number of alkyl halides is 6. The molecule has 11 heteroatoms. The minimum absolute atomic E-state index is 0.206. The molecule has 0 fully saturated rings. The van der Waals surface area contributed by atoms with Crippen molar-refractivity contribution < 1.29 is 40.6 Å². The number of ether oxygens (including phenoxy) is 2. The van der Waals surface area contributed by atoms with Crippen molar-refractivity contribution >= 4 is 5.97 Å². The fraction of sp³-hybridized carbons (Fsp3) is 0.400. The number of hydrogen-bond acceptors (Lipinski definition) is 4. The average molecular weight is 319 g/mol. The number of carbonyl (C=O) groups excluding carboxylic acids is 1. The molecular weight excluding hydrogens is 312 g/mol. The molecule has 0 bridgehead atoms. The van der Waals surface area contributed by atoms with Gasteiger partial charge in [0.15, 0.2) is 5.75 Å². The maximum absolute atomic E-state index is 12.8. The largest absolute Gasteiger partial charge is 0.573 e. The van der Waals surface area contributed by atoms with E-state index in [9.17, 15) is 35.9 Å². The van der Waals surface area contributed by atoms with Crippen LogP contribution in [-0.4, -0.2) is 23.9 Å². The Morgan fingerprint density at radius 1 is 1.24 bits per heavy atom. The molecule has 0 radical (unpaired) electrons. The molecule has 0 saturated carbocycles. The first-order chi connectivity index (χ1) is 9.47. The standard InChI is InChI=1S/C10H7F6NO4/c1-2-20-8(19)6-5(9(11,12)13)7(18)4(3-17-6)21-10(14,15)16/h3H,2H2,1H3,(H,17,18). The van der Waals surface area contributed by atoms with E-state index in [0.717, 1.165) is 0 Å². The highest BCUT2D eigenvalue weighted by molar-refractivity contribution is 5.89. The molecule has 1 aromatic heterocycles. The monoisotopic (exact) mass is 319 g/mol. The van der Waals surface area contributed by atoms with Crippen molar-refractivity contribution in [2.45, 2.75) is 19.5 Å². The van der Waals surface area contributed by atoms with E-state index in [4.69, 9.17) is 0 Å². The zero-order valence-corrected chi connectivity index (χ0v) is 10.2. The first-order valence-electron chi connectivity index (χ1n) is 5.23. The van der Waals surface area contributed by atoms with Crippen molar-refractivity contribution in [3.63, 3.8) is 0 Å². The Balaban J connectivity index is 3.47.